The van der Waals surface area contributed by atoms with Gasteiger partial charge < -0.3 is 25.0 Å². The average Bonchev–Trinajstić information content (AvgIpc) is 3.71. The highest BCUT2D eigenvalue weighted by molar-refractivity contribution is 5.75. The van der Waals surface area contributed by atoms with Gasteiger partial charge in [-0.1, -0.05) is 0 Å². The van der Waals surface area contributed by atoms with Gasteiger partial charge in [-0.05, 0) is 57.8 Å². The van der Waals surface area contributed by atoms with Crippen LogP contribution in [0.1, 0.15) is 67.5 Å². The summed E-state index contributed by atoms with van der Waals surface area (Å²) in [6.07, 6.45) is 6.75. The van der Waals surface area contributed by atoms with E-state index in [-0.39, 0.29) is 6.10 Å². The number of anilines is 3. The Morgan fingerprint density at radius 1 is 1.03 bits per heavy atom. The van der Waals surface area contributed by atoms with Crippen molar-refractivity contribution in [1.82, 2.24) is 20.2 Å². The van der Waals surface area contributed by atoms with Crippen LogP contribution in [0.4, 0.5) is 17.2 Å². The van der Waals surface area contributed by atoms with E-state index in [0.29, 0.717) is 11.8 Å². The number of hydrogen-bond acceptors (Lipinski definition) is 8. The summed E-state index contributed by atoms with van der Waals surface area (Å²) >= 11 is 0. The summed E-state index contributed by atoms with van der Waals surface area (Å²) in [5.74, 6) is 2.86. The van der Waals surface area contributed by atoms with Crippen LogP contribution in [0.15, 0.2) is 18.3 Å². The van der Waals surface area contributed by atoms with E-state index in [0.717, 1.165) is 87.0 Å². The normalized spacial score (nSPS) is 25.6. The molecular formula is C27H36N6O2. The minimum absolute atomic E-state index is 0.102. The van der Waals surface area contributed by atoms with Crippen LogP contribution in [0.5, 0.6) is 5.75 Å². The van der Waals surface area contributed by atoms with Gasteiger partial charge in [-0.15, -0.1) is 0 Å². The molecule has 1 aliphatic carbocycles. The lowest BCUT2D eigenvalue weighted by molar-refractivity contribution is 0.0712. The molecule has 2 aromatic heterocycles. The summed E-state index contributed by atoms with van der Waals surface area (Å²) in [6.45, 7) is 9.98. The third-order valence-electron chi connectivity index (χ3n) is 8.41. The van der Waals surface area contributed by atoms with Crippen molar-refractivity contribution >= 4 is 17.2 Å². The van der Waals surface area contributed by atoms with Gasteiger partial charge in [0.15, 0.2) is 5.75 Å². The Morgan fingerprint density at radius 3 is 2.60 bits per heavy atom. The summed E-state index contributed by atoms with van der Waals surface area (Å²) in [7, 11) is 0. The summed E-state index contributed by atoms with van der Waals surface area (Å²) in [4.78, 5) is 15.1. The van der Waals surface area contributed by atoms with E-state index in [9.17, 15) is 0 Å². The highest BCUT2D eigenvalue weighted by Gasteiger charge is 2.38. The van der Waals surface area contributed by atoms with E-state index in [1.807, 2.05) is 6.20 Å². The standard InChI is InChI=1S/C27H36N6O2/c1-17-24-23(32-10-12-34-13-11-32)6-9-29-27(24)31-22-14-21(30-25(18-2-3-18)26(22)35-17)19-15-33(16-19)20-4-7-28-8-5-20/h6,9,14,17-20,28H,2-5,7-8,10-13,15-16H2,1H3,(H,29,31)/t17-/m1/s1. The number of morpholine rings is 1. The number of hydrogen-bond donors (Lipinski definition) is 2. The third-order valence-corrected chi connectivity index (χ3v) is 8.41. The number of ether oxygens (including phenoxy) is 2. The summed E-state index contributed by atoms with van der Waals surface area (Å²) in [5, 5.41) is 7.19. The maximum atomic E-state index is 6.71. The molecule has 4 fully saturated rings. The molecule has 0 radical (unpaired) electrons. The molecule has 4 aliphatic heterocycles. The molecule has 1 saturated carbocycles. The maximum absolute atomic E-state index is 6.71. The van der Waals surface area contributed by atoms with Crippen molar-refractivity contribution in [3.63, 3.8) is 0 Å². The molecule has 8 nitrogen and oxygen atoms in total. The highest BCUT2D eigenvalue weighted by atomic mass is 16.5. The van der Waals surface area contributed by atoms with Crippen molar-refractivity contribution in [2.75, 3.05) is 62.7 Å². The molecule has 0 aromatic carbocycles. The smallest absolute Gasteiger partial charge is 0.165 e. The summed E-state index contributed by atoms with van der Waals surface area (Å²) in [5.41, 5.74) is 5.73. The summed E-state index contributed by atoms with van der Waals surface area (Å²) in [6, 6.07) is 5.10. The summed E-state index contributed by atoms with van der Waals surface area (Å²) < 4.78 is 12.3. The zero-order chi connectivity index (χ0) is 23.4. The molecule has 0 bridgehead atoms. The Hall–Kier alpha value is -2.42. The molecule has 6 heterocycles. The predicted octanol–water partition coefficient (Wildman–Crippen LogP) is 3.54. The minimum atomic E-state index is -0.102. The zero-order valence-electron chi connectivity index (χ0n) is 20.6. The molecule has 2 N–H and O–H groups in total. The molecule has 1 atom stereocenters. The molecule has 5 aliphatic rings. The lowest BCUT2D eigenvalue weighted by Crippen LogP contribution is -2.53. The minimum Gasteiger partial charge on any atom is -0.482 e. The SMILES string of the molecule is C[C@H]1Oc2c(cc(C3CN(C4CCNCC4)C3)nc2C2CC2)Nc2nccc(N3CCOCC3)c21. The first kappa shape index (κ1) is 21.8. The van der Waals surface area contributed by atoms with Gasteiger partial charge in [0.1, 0.15) is 11.9 Å². The fourth-order valence-corrected chi connectivity index (χ4v) is 6.21. The number of likely N-dealkylation sites (tertiary alicyclic amines) is 1. The molecule has 7 rings (SSSR count). The third kappa shape index (κ3) is 4.05. The number of fused-ring (bicyclic) bond motifs is 2. The molecule has 3 saturated heterocycles. The van der Waals surface area contributed by atoms with Crippen LogP contribution in [-0.2, 0) is 4.74 Å². The van der Waals surface area contributed by atoms with E-state index in [1.54, 1.807) is 0 Å². The van der Waals surface area contributed by atoms with Crippen molar-refractivity contribution in [2.24, 2.45) is 0 Å². The van der Waals surface area contributed by atoms with Gasteiger partial charge in [0.2, 0.25) is 0 Å². The monoisotopic (exact) mass is 476 g/mol. The molecule has 35 heavy (non-hydrogen) atoms. The fraction of sp³-hybridized carbons (Fsp3) is 0.630. The van der Waals surface area contributed by atoms with Gasteiger partial charge in [-0.3, -0.25) is 9.88 Å². The molecule has 186 valence electrons. The molecule has 2 aromatic rings. The van der Waals surface area contributed by atoms with Crippen LogP contribution in [0.2, 0.25) is 0 Å². The van der Waals surface area contributed by atoms with Crippen LogP contribution in [0.25, 0.3) is 0 Å². The van der Waals surface area contributed by atoms with Crippen LogP contribution >= 0.6 is 0 Å². The average molecular weight is 477 g/mol. The molecular weight excluding hydrogens is 440 g/mol. The van der Waals surface area contributed by atoms with Crippen molar-refractivity contribution in [2.45, 2.75) is 56.6 Å². The number of nitrogens with one attached hydrogen (secondary N) is 2. The van der Waals surface area contributed by atoms with Crippen LogP contribution in [-0.4, -0.2) is 73.4 Å². The van der Waals surface area contributed by atoms with Crippen LogP contribution in [0, 0.1) is 0 Å². The lowest BCUT2D eigenvalue weighted by atomic mass is 9.90. The maximum Gasteiger partial charge on any atom is 0.165 e. The van der Waals surface area contributed by atoms with E-state index >= 15 is 0 Å². The van der Waals surface area contributed by atoms with Gasteiger partial charge in [-0.2, -0.15) is 0 Å². The van der Waals surface area contributed by atoms with Crippen molar-refractivity contribution < 1.29 is 9.47 Å². The number of aromatic nitrogens is 2. The first-order valence-corrected chi connectivity index (χ1v) is 13.5. The lowest BCUT2D eigenvalue weighted by Gasteiger charge is -2.45. The second-order valence-electron chi connectivity index (χ2n) is 10.8. The second kappa shape index (κ2) is 8.91. The number of rotatable bonds is 4. The van der Waals surface area contributed by atoms with Crippen LogP contribution < -0.4 is 20.3 Å². The topological polar surface area (TPSA) is 74.8 Å². The second-order valence-corrected chi connectivity index (χ2v) is 10.8. The van der Waals surface area contributed by atoms with Crippen molar-refractivity contribution in [3.05, 3.63) is 35.3 Å². The first-order valence-electron chi connectivity index (χ1n) is 13.5. The van der Waals surface area contributed by atoms with Crippen LogP contribution in [0.3, 0.4) is 0 Å². The van der Waals surface area contributed by atoms with Gasteiger partial charge in [0.25, 0.3) is 0 Å². The van der Waals surface area contributed by atoms with E-state index in [2.05, 4.69) is 39.5 Å². The fourth-order valence-electron chi connectivity index (χ4n) is 6.21. The Morgan fingerprint density at radius 2 is 1.83 bits per heavy atom. The van der Waals surface area contributed by atoms with Gasteiger partial charge in [0.05, 0.1) is 30.2 Å². The quantitative estimate of drug-likeness (QED) is 0.694. The molecule has 0 amide bonds. The Bertz CT molecular complexity index is 1090. The van der Waals surface area contributed by atoms with E-state index < -0.39 is 0 Å². The molecule has 0 unspecified atom stereocenters. The van der Waals surface area contributed by atoms with Crippen molar-refractivity contribution in [3.8, 4) is 5.75 Å². The number of nitrogens with zero attached hydrogens (tertiary/aromatic N) is 4. The Balaban J connectivity index is 1.20. The largest absolute Gasteiger partial charge is 0.482 e. The molecule has 0 spiro atoms. The van der Waals surface area contributed by atoms with E-state index in [1.165, 1.54) is 37.1 Å². The highest BCUT2D eigenvalue weighted by Crippen LogP contribution is 2.51. The molecule has 8 heteroatoms. The van der Waals surface area contributed by atoms with E-state index in [4.69, 9.17) is 19.4 Å². The zero-order valence-corrected chi connectivity index (χ0v) is 20.6. The predicted molar refractivity (Wildman–Crippen MR) is 136 cm³/mol. The number of pyridine rings is 2. The Labute approximate surface area is 207 Å². The Kier molecular flexibility index (Phi) is 5.56. The van der Waals surface area contributed by atoms with Gasteiger partial charge >= 0.3 is 0 Å². The van der Waals surface area contributed by atoms with Gasteiger partial charge in [0, 0.05) is 61.6 Å². The van der Waals surface area contributed by atoms with Gasteiger partial charge in [-0.25, -0.2) is 4.98 Å². The number of piperidine rings is 1. The van der Waals surface area contributed by atoms with Crippen molar-refractivity contribution in [1.29, 1.82) is 0 Å². The first-order chi connectivity index (χ1) is 17.2.